The van der Waals surface area contributed by atoms with Gasteiger partial charge in [-0.1, -0.05) is 60.7 Å². The lowest BCUT2D eigenvalue weighted by Crippen LogP contribution is -1.93. The molecule has 0 aliphatic heterocycles. The molecule has 0 N–H and O–H groups in total. The van der Waals surface area contributed by atoms with Crippen LogP contribution < -0.4 is 0 Å². The van der Waals surface area contributed by atoms with Crippen LogP contribution in [0, 0.1) is 22.7 Å². The molecule has 0 aliphatic carbocycles. The molecule has 0 fully saturated rings. The summed E-state index contributed by atoms with van der Waals surface area (Å²) in [5.41, 5.74) is 9.78. The Bertz CT molecular complexity index is 2430. The molecule has 0 radical (unpaired) electrons. The van der Waals surface area contributed by atoms with Crippen LogP contribution in [0.4, 0.5) is 0 Å². The highest BCUT2D eigenvalue weighted by Crippen LogP contribution is 2.41. The third kappa shape index (κ3) is 3.68. The van der Waals surface area contributed by atoms with E-state index in [2.05, 4.69) is 54.6 Å². The van der Waals surface area contributed by atoms with Gasteiger partial charge in [0.2, 0.25) is 0 Å². The zero-order valence-corrected chi connectivity index (χ0v) is 22.3. The van der Waals surface area contributed by atoms with E-state index in [1.54, 1.807) is 0 Å². The average Bonchev–Trinajstić information content (AvgIpc) is 3.61. The van der Waals surface area contributed by atoms with Gasteiger partial charge in [-0.3, -0.25) is 0 Å². The summed E-state index contributed by atoms with van der Waals surface area (Å²) >= 11 is 0. The summed E-state index contributed by atoms with van der Waals surface area (Å²) in [6.45, 7) is 0. The standard InChI is InChI=1S/C38H20N2O2/c39-21-23-9-11-24(12-10-23)27-18-31(25-14-16-37-33(17-25)29-6-2-4-8-36(29)41-37)34(22-40)32(19-27)26-13-15-30-28-5-1-3-7-35(28)42-38(30)20-26/h1-20H. The summed E-state index contributed by atoms with van der Waals surface area (Å²) in [6, 6.07) is 44.6. The van der Waals surface area contributed by atoms with Crippen LogP contribution in [0.1, 0.15) is 11.1 Å². The van der Waals surface area contributed by atoms with Gasteiger partial charge in [0.1, 0.15) is 28.4 Å². The molecule has 2 aromatic heterocycles. The molecule has 0 atom stereocenters. The number of rotatable bonds is 3. The van der Waals surface area contributed by atoms with Crippen LogP contribution in [0.15, 0.2) is 130 Å². The van der Waals surface area contributed by atoms with Crippen molar-refractivity contribution in [2.75, 3.05) is 0 Å². The molecule has 0 amide bonds. The van der Waals surface area contributed by atoms with Crippen molar-refractivity contribution in [3.05, 3.63) is 132 Å². The van der Waals surface area contributed by atoms with E-state index in [-0.39, 0.29) is 0 Å². The summed E-state index contributed by atoms with van der Waals surface area (Å²) in [7, 11) is 0. The minimum atomic E-state index is 0.579. The summed E-state index contributed by atoms with van der Waals surface area (Å²) in [4.78, 5) is 0. The minimum Gasteiger partial charge on any atom is -0.456 e. The number of hydrogen-bond acceptors (Lipinski definition) is 4. The van der Waals surface area contributed by atoms with Crippen molar-refractivity contribution in [1.29, 1.82) is 10.5 Å². The van der Waals surface area contributed by atoms with E-state index < -0.39 is 0 Å². The number of hydrogen-bond donors (Lipinski definition) is 0. The number of fused-ring (bicyclic) bond motifs is 6. The second-order valence-electron chi connectivity index (χ2n) is 10.4. The van der Waals surface area contributed by atoms with E-state index in [4.69, 9.17) is 8.83 Å². The molecule has 194 valence electrons. The number of nitriles is 2. The van der Waals surface area contributed by atoms with E-state index in [1.807, 2.05) is 78.9 Å². The number of para-hydroxylation sites is 2. The Hall–Kier alpha value is -6.10. The molecule has 0 aliphatic rings. The second kappa shape index (κ2) is 9.24. The highest BCUT2D eigenvalue weighted by molar-refractivity contribution is 6.08. The van der Waals surface area contributed by atoms with Crippen LogP contribution in [0.3, 0.4) is 0 Å². The molecule has 42 heavy (non-hydrogen) atoms. The maximum Gasteiger partial charge on any atom is 0.136 e. The van der Waals surface area contributed by atoms with Crippen molar-refractivity contribution >= 4 is 43.9 Å². The molecule has 2 heterocycles. The van der Waals surface area contributed by atoms with E-state index in [1.165, 1.54) is 0 Å². The predicted octanol–water partition coefficient (Wildman–Crippen LogP) is 10.2. The Kier molecular flexibility index (Phi) is 5.22. The van der Waals surface area contributed by atoms with Crippen molar-refractivity contribution in [1.82, 2.24) is 0 Å². The molecule has 8 aromatic rings. The summed E-state index contributed by atoms with van der Waals surface area (Å²) in [5, 5.41) is 24.1. The molecule has 4 heteroatoms. The first kappa shape index (κ1) is 23.8. The Morgan fingerprint density at radius 1 is 0.405 bits per heavy atom. The van der Waals surface area contributed by atoms with E-state index in [9.17, 15) is 10.5 Å². The van der Waals surface area contributed by atoms with Crippen LogP contribution in [0.5, 0.6) is 0 Å². The van der Waals surface area contributed by atoms with Crippen LogP contribution in [0.25, 0.3) is 77.3 Å². The van der Waals surface area contributed by atoms with E-state index in [0.717, 1.165) is 77.3 Å². The summed E-state index contributed by atoms with van der Waals surface area (Å²) in [6.07, 6.45) is 0. The SMILES string of the molecule is N#Cc1ccc(-c2cc(-c3ccc4c(c3)oc3ccccc34)c(C#N)c(-c3ccc4oc5ccccc5c4c3)c2)cc1. The van der Waals surface area contributed by atoms with Gasteiger partial charge in [-0.05, 0) is 82.9 Å². The third-order valence-corrected chi connectivity index (χ3v) is 7.97. The van der Waals surface area contributed by atoms with Gasteiger partial charge in [0, 0.05) is 32.7 Å². The zero-order valence-electron chi connectivity index (χ0n) is 22.3. The Morgan fingerprint density at radius 2 is 0.952 bits per heavy atom. The molecule has 0 saturated carbocycles. The molecule has 0 bridgehead atoms. The summed E-state index contributed by atoms with van der Waals surface area (Å²) in [5.74, 6) is 0. The van der Waals surface area contributed by atoms with Gasteiger partial charge in [-0.25, -0.2) is 0 Å². The van der Waals surface area contributed by atoms with Crippen LogP contribution in [0.2, 0.25) is 0 Å². The van der Waals surface area contributed by atoms with E-state index >= 15 is 0 Å². The predicted molar refractivity (Wildman–Crippen MR) is 167 cm³/mol. The maximum absolute atomic E-state index is 10.6. The smallest absolute Gasteiger partial charge is 0.136 e. The van der Waals surface area contributed by atoms with Crippen molar-refractivity contribution in [2.45, 2.75) is 0 Å². The summed E-state index contributed by atoms with van der Waals surface area (Å²) < 4.78 is 12.3. The number of benzene rings is 6. The number of nitrogens with zero attached hydrogens (tertiary/aromatic N) is 2. The van der Waals surface area contributed by atoms with Crippen molar-refractivity contribution in [3.8, 4) is 45.5 Å². The lowest BCUT2D eigenvalue weighted by atomic mass is 9.87. The quantitative estimate of drug-likeness (QED) is 0.225. The normalized spacial score (nSPS) is 11.3. The monoisotopic (exact) mass is 536 g/mol. The Balaban J connectivity index is 1.39. The van der Waals surface area contributed by atoms with Gasteiger partial charge in [0.05, 0.1) is 17.2 Å². The van der Waals surface area contributed by atoms with Crippen molar-refractivity contribution in [2.24, 2.45) is 0 Å². The highest BCUT2D eigenvalue weighted by atomic mass is 16.3. The van der Waals surface area contributed by atoms with Crippen molar-refractivity contribution in [3.63, 3.8) is 0 Å². The molecule has 0 saturated heterocycles. The van der Waals surface area contributed by atoms with Gasteiger partial charge < -0.3 is 8.83 Å². The molecule has 4 nitrogen and oxygen atoms in total. The van der Waals surface area contributed by atoms with Gasteiger partial charge in [0.15, 0.2) is 0 Å². The fraction of sp³-hybridized carbons (Fsp3) is 0. The topological polar surface area (TPSA) is 73.9 Å². The fourth-order valence-electron chi connectivity index (χ4n) is 5.91. The zero-order chi connectivity index (χ0) is 28.2. The van der Waals surface area contributed by atoms with Gasteiger partial charge >= 0.3 is 0 Å². The Morgan fingerprint density at radius 3 is 1.64 bits per heavy atom. The lowest BCUT2D eigenvalue weighted by Gasteiger charge is -2.14. The van der Waals surface area contributed by atoms with Crippen LogP contribution in [-0.2, 0) is 0 Å². The van der Waals surface area contributed by atoms with Crippen molar-refractivity contribution < 1.29 is 8.83 Å². The minimum absolute atomic E-state index is 0.579. The van der Waals surface area contributed by atoms with Crippen LogP contribution >= 0.6 is 0 Å². The highest BCUT2D eigenvalue weighted by Gasteiger charge is 2.18. The lowest BCUT2D eigenvalue weighted by molar-refractivity contribution is 0.668. The maximum atomic E-state index is 10.6. The van der Waals surface area contributed by atoms with Gasteiger partial charge in [0.25, 0.3) is 0 Å². The van der Waals surface area contributed by atoms with Gasteiger partial charge in [-0.15, -0.1) is 0 Å². The van der Waals surface area contributed by atoms with E-state index in [0.29, 0.717) is 11.1 Å². The largest absolute Gasteiger partial charge is 0.456 e. The third-order valence-electron chi connectivity index (χ3n) is 7.97. The number of furan rings is 2. The molecule has 8 rings (SSSR count). The molecular formula is C38H20N2O2. The first-order chi connectivity index (χ1) is 20.7. The first-order valence-electron chi connectivity index (χ1n) is 13.6. The Labute approximate surface area is 240 Å². The molecule has 6 aromatic carbocycles. The molecular weight excluding hydrogens is 516 g/mol. The fourth-order valence-corrected chi connectivity index (χ4v) is 5.91. The first-order valence-corrected chi connectivity index (χ1v) is 13.6. The second-order valence-corrected chi connectivity index (χ2v) is 10.4. The van der Waals surface area contributed by atoms with Crippen LogP contribution in [-0.4, -0.2) is 0 Å². The average molecular weight is 537 g/mol. The molecule has 0 spiro atoms. The van der Waals surface area contributed by atoms with Gasteiger partial charge in [-0.2, -0.15) is 10.5 Å². The molecule has 0 unspecified atom stereocenters.